The van der Waals surface area contributed by atoms with E-state index in [4.69, 9.17) is 14.5 Å². The number of guanidine groups is 1. The molecule has 0 radical (unpaired) electrons. The van der Waals surface area contributed by atoms with Gasteiger partial charge in [0.1, 0.15) is 5.60 Å². The van der Waals surface area contributed by atoms with Crippen LogP contribution in [0, 0.1) is 0 Å². The normalized spacial score (nSPS) is 16.1. The molecule has 1 heterocycles. The number of amides is 2. The lowest BCUT2D eigenvalue weighted by Crippen LogP contribution is -2.53. The first-order valence-electron chi connectivity index (χ1n) is 11.0. The van der Waals surface area contributed by atoms with Crippen molar-refractivity contribution in [3.8, 4) is 0 Å². The van der Waals surface area contributed by atoms with E-state index in [1.807, 2.05) is 41.5 Å². The Bertz CT molecular complexity index is 576. The van der Waals surface area contributed by atoms with Crippen LogP contribution in [0.1, 0.15) is 67.2 Å². The molecule has 1 aliphatic heterocycles. The lowest BCUT2D eigenvalue weighted by atomic mass is 9.93. The van der Waals surface area contributed by atoms with Gasteiger partial charge in [0.2, 0.25) is 0 Å². The minimum atomic E-state index is -0.546. The Hall–Kier alpha value is -2.19. The maximum Gasteiger partial charge on any atom is 0.409 e. The molecule has 1 fully saturated rings. The third-order valence-electron chi connectivity index (χ3n) is 5.27. The molecule has 0 bridgehead atoms. The number of rotatable bonds is 7. The van der Waals surface area contributed by atoms with Gasteiger partial charge in [0.05, 0.1) is 19.2 Å². The SMILES string of the molecule is CCNC(=NCC(CC)(CC)NC(=O)OC(C)(C)C)NC1CCN(C(=O)OC)CC1. The van der Waals surface area contributed by atoms with Crippen LogP contribution >= 0.6 is 0 Å². The highest BCUT2D eigenvalue weighted by Crippen LogP contribution is 2.18. The zero-order valence-corrected chi connectivity index (χ0v) is 19.8. The molecule has 0 aromatic heterocycles. The van der Waals surface area contributed by atoms with Crippen molar-refractivity contribution < 1.29 is 19.1 Å². The summed E-state index contributed by atoms with van der Waals surface area (Å²) < 4.78 is 10.2. The molecule has 0 aliphatic carbocycles. The summed E-state index contributed by atoms with van der Waals surface area (Å²) in [6, 6.07) is 0.222. The van der Waals surface area contributed by atoms with E-state index in [-0.39, 0.29) is 12.1 Å². The number of ether oxygens (including phenoxy) is 2. The van der Waals surface area contributed by atoms with Crippen molar-refractivity contribution in [1.29, 1.82) is 0 Å². The van der Waals surface area contributed by atoms with Crippen LogP contribution in [0.15, 0.2) is 4.99 Å². The van der Waals surface area contributed by atoms with Gasteiger partial charge in [0.25, 0.3) is 0 Å². The molecule has 1 saturated heterocycles. The van der Waals surface area contributed by atoms with E-state index < -0.39 is 17.2 Å². The van der Waals surface area contributed by atoms with Crippen LogP contribution in [0.25, 0.3) is 0 Å². The summed E-state index contributed by atoms with van der Waals surface area (Å²) in [5, 5.41) is 9.77. The number of nitrogens with zero attached hydrogens (tertiary/aromatic N) is 2. The average Bonchev–Trinajstić information content (AvgIpc) is 2.69. The molecule has 3 N–H and O–H groups in total. The van der Waals surface area contributed by atoms with Gasteiger partial charge in [-0.25, -0.2) is 9.59 Å². The molecule has 9 nitrogen and oxygen atoms in total. The van der Waals surface area contributed by atoms with E-state index in [9.17, 15) is 9.59 Å². The largest absolute Gasteiger partial charge is 0.453 e. The van der Waals surface area contributed by atoms with Crippen molar-refractivity contribution in [3.05, 3.63) is 0 Å². The van der Waals surface area contributed by atoms with E-state index in [1.54, 1.807) is 4.90 Å². The molecule has 1 rings (SSSR count). The predicted octanol–water partition coefficient (Wildman–Crippen LogP) is 2.86. The van der Waals surface area contributed by atoms with Crippen molar-refractivity contribution in [2.24, 2.45) is 4.99 Å². The molecule has 1 aliphatic rings. The Balaban J connectivity index is 2.76. The lowest BCUT2D eigenvalue weighted by molar-refractivity contribution is 0.0451. The van der Waals surface area contributed by atoms with Crippen molar-refractivity contribution in [1.82, 2.24) is 20.9 Å². The number of alkyl carbamates (subject to hydrolysis) is 1. The predicted molar refractivity (Wildman–Crippen MR) is 119 cm³/mol. The van der Waals surface area contributed by atoms with Gasteiger partial charge in [-0.2, -0.15) is 0 Å². The van der Waals surface area contributed by atoms with E-state index in [1.165, 1.54) is 7.11 Å². The molecule has 0 aromatic rings. The minimum absolute atomic E-state index is 0.222. The van der Waals surface area contributed by atoms with Crippen molar-refractivity contribution >= 4 is 18.1 Å². The molecule has 0 atom stereocenters. The number of hydrogen-bond acceptors (Lipinski definition) is 5. The van der Waals surface area contributed by atoms with Gasteiger partial charge in [0, 0.05) is 25.7 Å². The summed E-state index contributed by atoms with van der Waals surface area (Å²) in [5.41, 5.74) is -1.02. The summed E-state index contributed by atoms with van der Waals surface area (Å²) in [6.07, 6.45) is 2.42. The Morgan fingerprint density at radius 1 is 1.10 bits per heavy atom. The summed E-state index contributed by atoms with van der Waals surface area (Å²) in [4.78, 5) is 30.5. The average molecular weight is 428 g/mol. The molecular formula is C21H41N5O4. The molecular weight excluding hydrogens is 386 g/mol. The number of carbonyl (C=O) groups is 2. The number of nitrogens with one attached hydrogen (secondary N) is 3. The highest BCUT2D eigenvalue weighted by atomic mass is 16.6. The van der Waals surface area contributed by atoms with Gasteiger partial charge < -0.3 is 30.3 Å². The van der Waals surface area contributed by atoms with Gasteiger partial charge >= 0.3 is 12.2 Å². The Morgan fingerprint density at radius 2 is 1.70 bits per heavy atom. The fraction of sp³-hybridized carbons (Fsp3) is 0.857. The molecule has 0 aromatic carbocycles. The standard InChI is InChI=1S/C21H41N5O4/c1-8-21(9-2,25-18(27)30-20(4,5)6)15-23-17(22-10-3)24-16-11-13-26(14-12-16)19(28)29-7/h16H,8-15H2,1-7H3,(H,25,27)(H2,22,23,24). The van der Waals surface area contributed by atoms with Crippen LogP contribution < -0.4 is 16.0 Å². The maximum absolute atomic E-state index is 12.3. The van der Waals surface area contributed by atoms with Gasteiger partial charge in [-0.05, 0) is 53.4 Å². The van der Waals surface area contributed by atoms with Crippen molar-refractivity contribution in [2.45, 2.75) is 84.4 Å². The van der Waals surface area contributed by atoms with Crippen molar-refractivity contribution in [3.63, 3.8) is 0 Å². The first-order chi connectivity index (χ1) is 14.1. The van der Waals surface area contributed by atoms with Crippen LogP contribution in [0.5, 0.6) is 0 Å². The van der Waals surface area contributed by atoms with Crippen molar-refractivity contribution in [2.75, 3.05) is 33.3 Å². The van der Waals surface area contributed by atoms with Gasteiger partial charge in [0.15, 0.2) is 5.96 Å². The number of likely N-dealkylation sites (tertiary alicyclic amines) is 1. The third-order valence-corrected chi connectivity index (χ3v) is 5.27. The number of aliphatic imine (C=N–C) groups is 1. The maximum atomic E-state index is 12.3. The summed E-state index contributed by atoms with van der Waals surface area (Å²) in [5.74, 6) is 0.714. The topological polar surface area (TPSA) is 104 Å². The number of carbonyl (C=O) groups excluding carboxylic acids is 2. The molecule has 30 heavy (non-hydrogen) atoms. The Kier molecular flexibility index (Phi) is 10.2. The zero-order chi connectivity index (χ0) is 22.8. The van der Waals surface area contributed by atoms with Crippen LogP contribution in [0.3, 0.4) is 0 Å². The second kappa shape index (κ2) is 11.9. The van der Waals surface area contributed by atoms with Gasteiger partial charge in [-0.1, -0.05) is 13.8 Å². The van der Waals surface area contributed by atoms with Crippen LogP contribution in [0.2, 0.25) is 0 Å². The van der Waals surface area contributed by atoms with E-state index in [2.05, 4.69) is 16.0 Å². The third kappa shape index (κ3) is 8.67. The number of hydrogen-bond donors (Lipinski definition) is 3. The first-order valence-corrected chi connectivity index (χ1v) is 11.0. The smallest absolute Gasteiger partial charge is 0.409 e. The molecule has 174 valence electrons. The molecule has 0 unspecified atom stereocenters. The van der Waals surface area contributed by atoms with E-state index in [0.717, 1.165) is 32.2 Å². The first kappa shape index (κ1) is 25.8. The Morgan fingerprint density at radius 3 is 2.17 bits per heavy atom. The molecule has 9 heteroatoms. The lowest BCUT2D eigenvalue weighted by Gasteiger charge is -2.34. The Labute approximate surface area is 181 Å². The van der Waals surface area contributed by atoms with E-state index in [0.29, 0.717) is 25.6 Å². The molecule has 2 amide bonds. The molecule has 0 saturated carbocycles. The molecule has 0 spiro atoms. The second-order valence-corrected chi connectivity index (χ2v) is 8.69. The van der Waals surface area contributed by atoms with Crippen LogP contribution in [-0.2, 0) is 9.47 Å². The van der Waals surface area contributed by atoms with Crippen LogP contribution in [0.4, 0.5) is 9.59 Å². The highest BCUT2D eigenvalue weighted by molar-refractivity contribution is 5.80. The number of methoxy groups -OCH3 is 1. The minimum Gasteiger partial charge on any atom is -0.453 e. The van der Waals surface area contributed by atoms with E-state index >= 15 is 0 Å². The van der Waals surface area contributed by atoms with Gasteiger partial charge in [-0.15, -0.1) is 0 Å². The summed E-state index contributed by atoms with van der Waals surface area (Å²) in [7, 11) is 1.40. The quantitative estimate of drug-likeness (QED) is 0.426. The fourth-order valence-electron chi connectivity index (χ4n) is 3.29. The summed E-state index contributed by atoms with van der Waals surface area (Å²) >= 11 is 0. The second-order valence-electron chi connectivity index (χ2n) is 8.69. The number of piperidine rings is 1. The van der Waals surface area contributed by atoms with Crippen LogP contribution in [-0.4, -0.2) is 73.5 Å². The fourth-order valence-corrected chi connectivity index (χ4v) is 3.29. The monoisotopic (exact) mass is 427 g/mol. The summed E-state index contributed by atoms with van der Waals surface area (Å²) in [6.45, 7) is 14.1. The van der Waals surface area contributed by atoms with Gasteiger partial charge in [-0.3, -0.25) is 4.99 Å². The highest BCUT2D eigenvalue weighted by Gasteiger charge is 2.31. The zero-order valence-electron chi connectivity index (χ0n) is 19.8.